The number of amidine groups is 1. The molecule has 0 saturated carbocycles. The van der Waals surface area contributed by atoms with E-state index in [-0.39, 0.29) is 23.4 Å². The number of benzene rings is 2. The van der Waals surface area contributed by atoms with E-state index in [0.717, 1.165) is 17.5 Å². The van der Waals surface area contributed by atoms with Gasteiger partial charge in [-0.15, -0.1) is 0 Å². The molecule has 260 valence electrons. The van der Waals surface area contributed by atoms with E-state index in [1.165, 1.54) is 11.5 Å². The lowest BCUT2D eigenvalue weighted by Gasteiger charge is -2.22. The van der Waals surface area contributed by atoms with Crippen molar-refractivity contribution in [1.29, 1.82) is 0 Å². The zero-order chi connectivity index (χ0) is 35.6. The van der Waals surface area contributed by atoms with Gasteiger partial charge in [0.15, 0.2) is 0 Å². The van der Waals surface area contributed by atoms with Gasteiger partial charge in [-0.2, -0.15) is 0 Å². The number of hydrogen-bond donors (Lipinski definition) is 4. The van der Waals surface area contributed by atoms with Crippen LogP contribution in [0.15, 0.2) is 82.8 Å². The van der Waals surface area contributed by atoms with E-state index in [4.69, 9.17) is 32.9 Å². The Hall–Kier alpha value is -5.30. The van der Waals surface area contributed by atoms with Crippen LogP contribution < -0.4 is 26.2 Å². The fourth-order valence-electron chi connectivity index (χ4n) is 6.38. The summed E-state index contributed by atoms with van der Waals surface area (Å²) in [6, 6.07) is 17.8. The van der Waals surface area contributed by atoms with Crippen LogP contribution in [0.1, 0.15) is 30.4 Å². The molecular weight excluding hydrogens is 693 g/mol. The average Bonchev–Trinajstić information content (AvgIpc) is 3.57. The molecule has 2 atom stereocenters. The van der Waals surface area contributed by atoms with Crippen molar-refractivity contribution in [2.45, 2.75) is 37.9 Å². The summed E-state index contributed by atoms with van der Waals surface area (Å²) in [6.07, 6.45) is 4.96. The molecule has 5 heterocycles. The van der Waals surface area contributed by atoms with E-state index >= 15 is 0 Å². The molecule has 14 heteroatoms. The summed E-state index contributed by atoms with van der Waals surface area (Å²) in [5, 5.41) is 19.5. The van der Waals surface area contributed by atoms with Gasteiger partial charge in [-0.05, 0) is 42.7 Å². The van der Waals surface area contributed by atoms with Gasteiger partial charge in [0.1, 0.15) is 17.5 Å². The van der Waals surface area contributed by atoms with Crippen molar-refractivity contribution in [3.8, 4) is 39.4 Å². The topological polar surface area (TPSA) is 159 Å². The Morgan fingerprint density at radius 2 is 1.73 bits per heavy atom. The van der Waals surface area contributed by atoms with Crippen LogP contribution in [0.3, 0.4) is 0 Å². The second kappa shape index (κ2) is 14.5. The highest BCUT2D eigenvalue weighted by Crippen LogP contribution is 2.42. The molecule has 5 aromatic rings. The minimum Gasteiger partial charge on any atom is -0.480 e. The number of nitrogens with one attached hydrogen (secondary N) is 3. The molecule has 2 aromatic carbocycles. The quantitative estimate of drug-likeness (QED) is 0.156. The van der Waals surface area contributed by atoms with E-state index < -0.39 is 12.0 Å². The number of nitrogens with zero attached hydrogens (tertiary/aromatic N) is 4. The number of carboxylic acids is 1. The van der Waals surface area contributed by atoms with Crippen LogP contribution in [0.5, 0.6) is 5.88 Å². The van der Waals surface area contributed by atoms with Crippen molar-refractivity contribution in [2.75, 3.05) is 20.2 Å². The third-order valence-electron chi connectivity index (χ3n) is 9.05. The summed E-state index contributed by atoms with van der Waals surface area (Å²) in [5.41, 5.74) is 5.47. The molecule has 0 unspecified atom stereocenters. The molecule has 1 saturated heterocycles. The van der Waals surface area contributed by atoms with Crippen molar-refractivity contribution in [3.63, 3.8) is 0 Å². The van der Waals surface area contributed by atoms with Gasteiger partial charge < -0.3 is 25.8 Å². The van der Waals surface area contributed by atoms with Crippen LogP contribution in [-0.4, -0.2) is 69.5 Å². The number of rotatable bonds is 10. The Labute approximate surface area is 302 Å². The van der Waals surface area contributed by atoms with E-state index in [1.54, 1.807) is 24.5 Å². The molecule has 3 aromatic heterocycles. The second-order valence-electron chi connectivity index (χ2n) is 12.3. The van der Waals surface area contributed by atoms with Crippen LogP contribution in [0.25, 0.3) is 39.2 Å². The summed E-state index contributed by atoms with van der Waals surface area (Å²) < 4.78 is 7.10. The van der Waals surface area contributed by atoms with Gasteiger partial charge in [0.05, 0.1) is 28.4 Å². The Balaban J connectivity index is 1.15. The number of aliphatic carboxylic acids is 1. The highest BCUT2D eigenvalue weighted by Gasteiger charge is 2.26. The predicted molar refractivity (Wildman–Crippen MR) is 196 cm³/mol. The molecule has 2 aliphatic rings. The number of methoxy groups -OCH3 is 1. The highest BCUT2D eigenvalue weighted by molar-refractivity contribution is 6.39. The number of carbonyl (C=O) groups excluding carboxylic acids is 1. The maximum Gasteiger partial charge on any atom is 0.326 e. The van der Waals surface area contributed by atoms with Crippen molar-refractivity contribution in [2.24, 2.45) is 4.99 Å². The number of fused-ring (bicyclic) bond motifs is 1. The number of amides is 1. The van der Waals surface area contributed by atoms with Gasteiger partial charge in [0.2, 0.25) is 11.8 Å². The number of hydrogen-bond acceptors (Lipinski definition) is 9. The summed E-state index contributed by atoms with van der Waals surface area (Å²) >= 11 is 14.1. The Bertz CT molecular complexity index is 2270. The smallest absolute Gasteiger partial charge is 0.326 e. The zero-order valence-electron chi connectivity index (χ0n) is 27.5. The fraction of sp³-hybridized carbons (Fsp3) is 0.243. The van der Waals surface area contributed by atoms with Crippen molar-refractivity contribution < 1.29 is 19.4 Å². The molecule has 7 rings (SSSR count). The molecule has 2 aliphatic heterocycles. The van der Waals surface area contributed by atoms with Gasteiger partial charge in [-0.25, -0.2) is 14.8 Å². The van der Waals surface area contributed by atoms with Crippen LogP contribution in [0.4, 0.5) is 0 Å². The Morgan fingerprint density at radius 1 is 0.980 bits per heavy atom. The van der Waals surface area contributed by atoms with Crippen molar-refractivity contribution in [1.82, 2.24) is 30.3 Å². The molecule has 0 bridgehead atoms. The lowest BCUT2D eigenvalue weighted by atomic mass is 9.97. The molecule has 1 fully saturated rings. The third kappa shape index (κ3) is 6.90. The van der Waals surface area contributed by atoms with E-state index in [2.05, 4.69) is 25.9 Å². The lowest BCUT2D eigenvalue weighted by molar-refractivity contribution is -0.139. The Kier molecular flexibility index (Phi) is 9.72. The monoisotopic (exact) mass is 725 g/mol. The van der Waals surface area contributed by atoms with E-state index in [9.17, 15) is 19.5 Å². The minimum atomic E-state index is -0.948. The van der Waals surface area contributed by atoms with E-state index in [1.807, 2.05) is 48.5 Å². The summed E-state index contributed by atoms with van der Waals surface area (Å²) in [5.74, 6) is -0.211. The molecule has 51 heavy (non-hydrogen) atoms. The van der Waals surface area contributed by atoms with Gasteiger partial charge in [-0.1, -0.05) is 59.6 Å². The molecule has 1 amide bonds. The summed E-state index contributed by atoms with van der Waals surface area (Å²) in [7, 11) is 1.49. The van der Waals surface area contributed by atoms with Crippen molar-refractivity contribution in [3.05, 3.63) is 105 Å². The number of carboxylic acid groups (broad SMARTS) is 1. The number of halogens is 2. The molecular formula is C37H33Cl2N7O5. The normalized spacial score (nSPS) is 17.2. The first kappa shape index (κ1) is 34.2. The maximum absolute atomic E-state index is 13.3. The first-order valence-corrected chi connectivity index (χ1v) is 17.1. The summed E-state index contributed by atoms with van der Waals surface area (Å²) in [4.78, 5) is 50.0. The molecule has 0 aliphatic carbocycles. The SMILES string of the molecule is COc1nc(-c2cccc(-c3cccc(-c4ccn5c(=O)c(CNC[C@@H]6CCC(=O)N6)cnc5c4)c3Cl)c2Cl)ccc1C1=NCC[C@H](C(=O)O)N1. The van der Waals surface area contributed by atoms with E-state index in [0.29, 0.717) is 87.5 Å². The van der Waals surface area contributed by atoms with Crippen LogP contribution >= 0.6 is 23.2 Å². The number of aromatic nitrogens is 3. The largest absolute Gasteiger partial charge is 0.480 e. The molecule has 0 radical (unpaired) electrons. The van der Waals surface area contributed by atoms with Crippen LogP contribution in [0, 0.1) is 0 Å². The maximum atomic E-state index is 13.3. The first-order valence-electron chi connectivity index (χ1n) is 16.4. The third-order valence-corrected chi connectivity index (χ3v) is 9.87. The standard InChI is InChI=1S/C37H33Cl2N7O5/c1-51-35-27(34-41-14-12-29(44-34)37(49)50)9-10-28(45-35)26-7-3-6-25(33(26)39)24-5-2-4-23(32(24)38)20-13-15-46-30(16-20)42-18-21(36(46)48)17-40-19-22-8-11-31(47)43-22/h2-7,9-10,13,15-16,18,22,29,40H,8,11-12,14,17,19H2,1H3,(H,41,44)(H,43,47)(H,49,50)/t22-,29+/m0/s1. The number of carbonyl (C=O) groups is 2. The number of ether oxygens (including phenoxy) is 1. The van der Waals surface area contributed by atoms with Gasteiger partial charge in [0, 0.05) is 72.3 Å². The van der Waals surface area contributed by atoms with Crippen LogP contribution in [0.2, 0.25) is 10.0 Å². The van der Waals surface area contributed by atoms with Gasteiger partial charge in [-0.3, -0.25) is 19.0 Å². The zero-order valence-corrected chi connectivity index (χ0v) is 29.0. The molecule has 0 spiro atoms. The molecule has 12 nitrogen and oxygen atoms in total. The minimum absolute atomic E-state index is 0.0521. The number of aliphatic imine (C=N–C) groups is 1. The predicted octanol–water partition coefficient (Wildman–Crippen LogP) is 4.97. The fourth-order valence-corrected chi connectivity index (χ4v) is 7.04. The Morgan fingerprint density at radius 3 is 2.45 bits per heavy atom. The number of pyridine rings is 2. The first-order chi connectivity index (χ1) is 24.7. The van der Waals surface area contributed by atoms with Gasteiger partial charge in [0.25, 0.3) is 5.56 Å². The second-order valence-corrected chi connectivity index (χ2v) is 13.1. The lowest BCUT2D eigenvalue weighted by Crippen LogP contribution is -2.44. The van der Waals surface area contributed by atoms with Crippen molar-refractivity contribution >= 4 is 46.6 Å². The molecule has 4 N–H and O–H groups in total. The van der Waals surface area contributed by atoms with Crippen LogP contribution in [-0.2, 0) is 16.1 Å². The van der Waals surface area contributed by atoms with Gasteiger partial charge >= 0.3 is 5.97 Å². The average molecular weight is 727 g/mol. The summed E-state index contributed by atoms with van der Waals surface area (Å²) in [6.45, 7) is 1.29. The highest BCUT2D eigenvalue weighted by atomic mass is 35.5.